The number of nitrogens with zero attached hydrogens (tertiary/aromatic N) is 1. The third-order valence-corrected chi connectivity index (χ3v) is 3.46. The molecule has 0 saturated carbocycles. The van der Waals surface area contributed by atoms with E-state index in [2.05, 4.69) is 10.1 Å². The number of carbonyl (C=O) groups is 2. The van der Waals surface area contributed by atoms with Crippen LogP contribution in [0.25, 0.3) is 0 Å². The number of anilines is 1. The maximum Gasteiger partial charge on any atom is 0.338 e. The van der Waals surface area contributed by atoms with Gasteiger partial charge in [-0.05, 0) is 24.1 Å². The van der Waals surface area contributed by atoms with Crippen molar-refractivity contribution in [3.8, 4) is 0 Å². The normalized spacial score (nSPS) is 10.1. The van der Waals surface area contributed by atoms with Gasteiger partial charge in [-0.15, -0.1) is 0 Å². The molecule has 7 heteroatoms. The molecule has 0 aromatic heterocycles. The number of ether oxygens (including phenoxy) is 1. The highest BCUT2D eigenvalue weighted by Crippen LogP contribution is 2.21. The Hall–Kier alpha value is -3.22. The monoisotopic (exact) mass is 328 g/mol. The van der Waals surface area contributed by atoms with E-state index < -0.39 is 16.8 Å². The second-order valence-electron chi connectivity index (χ2n) is 4.98. The van der Waals surface area contributed by atoms with Crippen LogP contribution in [0.2, 0.25) is 0 Å². The summed E-state index contributed by atoms with van der Waals surface area (Å²) in [7, 11) is 1.17. The Balaban J connectivity index is 2.39. The molecule has 0 atom stereocenters. The summed E-state index contributed by atoms with van der Waals surface area (Å²) in [5, 5.41) is 13.7. The number of para-hydroxylation sites is 1. The van der Waals surface area contributed by atoms with Gasteiger partial charge in [-0.1, -0.05) is 25.1 Å². The Morgan fingerprint density at radius 2 is 1.83 bits per heavy atom. The third kappa shape index (κ3) is 3.75. The average molecular weight is 328 g/mol. The number of methoxy groups -OCH3 is 1. The summed E-state index contributed by atoms with van der Waals surface area (Å²) in [6.45, 7) is 1.95. The maximum absolute atomic E-state index is 12.4. The first kappa shape index (κ1) is 17.1. The SMILES string of the molecule is CCc1ccccc1NC(=O)c1cc(C(=O)OC)cc([N+](=O)[O-])c1. The van der Waals surface area contributed by atoms with Gasteiger partial charge in [-0.2, -0.15) is 0 Å². The molecular formula is C17H16N2O5. The van der Waals surface area contributed by atoms with Crippen LogP contribution in [0.3, 0.4) is 0 Å². The van der Waals surface area contributed by atoms with Crippen molar-refractivity contribution in [1.29, 1.82) is 0 Å². The van der Waals surface area contributed by atoms with E-state index in [9.17, 15) is 19.7 Å². The van der Waals surface area contributed by atoms with E-state index in [1.807, 2.05) is 19.1 Å². The molecule has 0 radical (unpaired) electrons. The molecule has 0 unspecified atom stereocenters. The Bertz CT molecular complexity index is 801. The first-order valence-corrected chi connectivity index (χ1v) is 7.23. The van der Waals surface area contributed by atoms with Crippen LogP contribution in [0, 0.1) is 10.1 Å². The van der Waals surface area contributed by atoms with Gasteiger partial charge in [0, 0.05) is 23.4 Å². The van der Waals surface area contributed by atoms with Crippen molar-refractivity contribution in [3.63, 3.8) is 0 Å². The number of non-ortho nitro benzene ring substituents is 1. The van der Waals surface area contributed by atoms with E-state index in [-0.39, 0.29) is 16.8 Å². The van der Waals surface area contributed by atoms with Crippen LogP contribution in [-0.4, -0.2) is 23.9 Å². The molecule has 0 fully saturated rings. The summed E-state index contributed by atoms with van der Waals surface area (Å²) in [5.74, 6) is -1.29. The number of esters is 1. The molecule has 2 aromatic carbocycles. The predicted octanol–water partition coefficient (Wildman–Crippen LogP) is 3.20. The van der Waals surface area contributed by atoms with Crippen LogP contribution in [-0.2, 0) is 11.2 Å². The van der Waals surface area contributed by atoms with E-state index in [1.165, 1.54) is 13.2 Å². The molecule has 2 aromatic rings. The zero-order chi connectivity index (χ0) is 17.7. The first-order chi connectivity index (χ1) is 11.5. The van der Waals surface area contributed by atoms with E-state index in [1.54, 1.807) is 12.1 Å². The van der Waals surface area contributed by atoms with Gasteiger partial charge in [-0.25, -0.2) is 4.79 Å². The molecule has 0 bridgehead atoms. The largest absolute Gasteiger partial charge is 0.465 e. The molecule has 2 rings (SSSR count). The van der Waals surface area contributed by atoms with Gasteiger partial charge in [0.15, 0.2) is 0 Å². The van der Waals surface area contributed by atoms with Crippen molar-refractivity contribution in [2.75, 3.05) is 12.4 Å². The van der Waals surface area contributed by atoms with Gasteiger partial charge in [0.2, 0.25) is 0 Å². The third-order valence-electron chi connectivity index (χ3n) is 3.46. The van der Waals surface area contributed by atoms with E-state index in [0.29, 0.717) is 5.69 Å². The smallest absolute Gasteiger partial charge is 0.338 e. The number of amides is 1. The Labute approximate surface area is 138 Å². The maximum atomic E-state index is 12.4. The Kier molecular flexibility index (Phi) is 5.26. The number of carbonyl (C=O) groups excluding carboxylic acids is 2. The van der Waals surface area contributed by atoms with Crippen LogP contribution < -0.4 is 5.32 Å². The summed E-state index contributed by atoms with van der Waals surface area (Å²) >= 11 is 0. The number of benzene rings is 2. The Morgan fingerprint density at radius 3 is 2.46 bits per heavy atom. The van der Waals surface area contributed by atoms with Crippen LogP contribution in [0.4, 0.5) is 11.4 Å². The standard InChI is InChI=1S/C17H16N2O5/c1-3-11-6-4-5-7-15(11)18-16(20)12-8-13(17(21)24-2)10-14(9-12)19(22)23/h4-10H,3H2,1-2H3,(H,18,20). The minimum atomic E-state index is -0.748. The van der Waals surface area contributed by atoms with E-state index in [4.69, 9.17) is 0 Å². The zero-order valence-electron chi connectivity index (χ0n) is 13.2. The highest BCUT2D eigenvalue weighted by Gasteiger charge is 2.18. The molecule has 1 N–H and O–H groups in total. The highest BCUT2D eigenvalue weighted by molar-refractivity contribution is 6.06. The molecular weight excluding hydrogens is 312 g/mol. The molecule has 0 spiro atoms. The molecule has 0 saturated heterocycles. The van der Waals surface area contributed by atoms with Gasteiger partial charge in [0.05, 0.1) is 17.6 Å². The zero-order valence-corrected chi connectivity index (χ0v) is 13.2. The lowest BCUT2D eigenvalue weighted by molar-refractivity contribution is -0.384. The fraction of sp³-hybridized carbons (Fsp3) is 0.176. The summed E-state index contributed by atoms with van der Waals surface area (Å²) in [6, 6.07) is 10.7. The molecule has 7 nitrogen and oxygen atoms in total. The fourth-order valence-electron chi connectivity index (χ4n) is 2.23. The quantitative estimate of drug-likeness (QED) is 0.516. The van der Waals surface area contributed by atoms with Crippen LogP contribution in [0.5, 0.6) is 0 Å². The van der Waals surface area contributed by atoms with Gasteiger partial charge < -0.3 is 10.1 Å². The molecule has 1 amide bonds. The molecule has 24 heavy (non-hydrogen) atoms. The fourth-order valence-corrected chi connectivity index (χ4v) is 2.23. The van der Waals surface area contributed by atoms with Crippen LogP contribution >= 0.6 is 0 Å². The van der Waals surface area contributed by atoms with Gasteiger partial charge in [0.1, 0.15) is 0 Å². The van der Waals surface area contributed by atoms with Crippen molar-refractivity contribution < 1.29 is 19.2 Å². The van der Waals surface area contributed by atoms with Crippen LogP contribution in [0.1, 0.15) is 33.2 Å². The topological polar surface area (TPSA) is 98.5 Å². The Morgan fingerprint density at radius 1 is 1.17 bits per heavy atom. The molecule has 0 aliphatic rings. The predicted molar refractivity (Wildman–Crippen MR) is 88.2 cm³/mol. The first-order valence-electron chi connectivity index (χ1n) is 7.23. The number of hydrogen-bond acceptors (Lipinski definition) is 5. The minimum Gasteiger partial charge on any atom is -0.465 e. The summed E-state index contributed by atoms with van der Waals surface area (Å²) in [4.78, 5) is 34.4. The lowest BCUT2D eigenvalue weighted by Crippen LogP contribution is -2.15. The number of nitrogens with one attached hydrogen (secondary N) is 1. The van der Waals surface area contributed by atoms with E-state index in [0.717, 1.165) is 24.1 Å². The number of hydrogen-bond donors (Lipinski definition) is 1. The number of aryl methyl sites for hydroxylation is 1. The van der Waals surface area contributed by atoms with E-state index >= 15 is 0 Å². The lowest BCUT2D eigenvalue weighted by Gasteiger charge is -2.10. The highest BCUT2D eigenvalue weighted by atomic mass is 16.6. The van der Waals surface area contributed by atoms with Crippen molar-refractivity contribution in [3.05, 3.63) is 69.3 Å². The van der Waals surface area contributed by atoms with Gasteiger partial charge >= 0.3 is 5.97 Å². The number of nitro benzene ring substituents is 1. The second kappa shape index (κ2) is 7.36. The average Bonchev–Trinajstić information content (AvgIpc) is 2.60. The van der Waals surface area contributed by atoms with Crippen LogP contribution in [0.15, 0.2) is 42.5 Å². The lowest BCUT2D eigenvalue weighted by atomic mass is 10.1. The summed E-state index contributed by atoms with van der Waals surface area (Å²) < 4.78 is 4.57. The molecule has 0 heterocycles. The van der Waals surface area contributed by atoms with Crippen molar-refractivity contribution >= 4 is 23.3 Å². The molecule has 0 aliphatic carbocycles. The van der Waals surface area contributed by atoms with Crippen molar-refractivity contribution in [1.82, 2.24) is 0 Å². The summed E-state index contributed by atoms with van der Waals surface area (Å²) in [5.41, 5.74) is 1.16. The summed E-state index contributed by atoms with van der Waals surface area (Å²) in [6.07, 6.45) is 0.721. The number of nitro groups is 1. The minimum absolute atomic E-state index is 0.00973. The second-order valence-corrected chi connectivity index (χ2v) is 4.98. The number of rotatable bonds is 5. The molecule has 124 valence electrons. The van der Waals surface area contributed by atoms with Crippen molar-refractivity contribution in [2.24, 2.45) is 0 Å². The van der Waals surface area contributed by atoms with Gasteiger partial charge in [-0.3, -0.25) is 14.9 Å². The van der Waals surface area contributed by atoms with Crippen molar-refractivity contribution in [2.45, 2.75) is 13.3 Å². The van der Waals surface area contributed by atoms with Gasteiger partial charge in [0.25, 0.3) is 11.6 Å². The molecule has 0 aliphatic heterocycles.